The van der Waals surface area contributed by atoms with E-state index < -0.39 is 5.97 Å². The van der Waals surface area contributed by atoms with Gasteiger partial charge in [0.25, 0.3) is 0 Å². The van der Waals surface area contributed by atoms with Crippen LogP contribution in [0.3, 0.4) is 0 Å². The van der Waals surface area contributed by atoms with Crippen LogP contribution in [0.2, 0.25) is 0 Å². The molecular weight excluding hydrogens is 266 g/mol. The SMILES string of the molecule is CCCCCOc1ccc(-c2ccc(C(=O)O)cc2)cn1. The quantitative estimate of drug-likeness (QED) is 0.781. The van der Waals surface area contributed by atoms with Crippen LogP contribution in [0.4, 0.5) is 0 Å². The molecule has 1 N–H and O–H groups in total. The highest BCUT2D eigenvalue weighted by Crippen LogP contribution is 2.21. The van der Waals surface area contributed by atoms with Crippen molar-refractivity contribution in [2.24, 2.45) is 0 Å². The first-order valence-electron chi connectivity index (χ1n) is 7.13. The minimum atomic E-state index is -0.921. The van der Waals surface area contributed by atoms with Gasteiger partial charge in [-0.2, -0.15) is 0 Å². The van der Waals surface area contributed by atoms with Gasteiger partial charge in [0.15, 0.2) is 0 Å². The van der Waals surface area contributed by atoms with Gasteiger partial charge in [-0.15, -0.1) is 0 Å². The van der Waals surface area contributed by atoms with E-state index in [0.717, 1.165) is 24.0 Å². The van der Waals surface area contributed by atoms with Crippen molar-refractivity contribution in [2.45, 2.75) is 26.2 Å². The largest absolute Gasteiger partial charge is 0.478 e. The first kappa shape index (κ1) is 15.0. The summed E-state index contributed by atoms with van der Waals surface area (Å²) in [5, 5.41) is 8.87. The number of unbranched alkanes of at least 4 members (excludes halogenated alkanes) is 2. The van der Waals surface area contributed by atoms with E-state index in [-0.39, 0.29) is 5.56 Å². The fraction of sp³-hybridized carbons (Fsp3) is 0.294. The van der Waals surface area contributed by atoms with Crippen molar-refractivity contribution in [3.8, 4) is 17.0 Å². The number of hydrogen-bond acceptors (Lipinski definition) is 3. The van der Waals surface area contributed by atoms with Gasteiger partial charge in [0.2, 0.25) is 5.88 Å². The monoisotopic (exact) mass is 285 g/mol. The minimum absolute atomic E-state index is 0.280. The smallest absolute Gasteiger partial charge is 0.335 e. The van der Waals surface area contributed by atoms with E-state index >= 15 is 0 Å². The first-order valence-corrected chi connectivity index (χ1v) is 7.13. The van der Waals surface area contributed by atoms with Crippen LogP contribution in [-0.2, 0) is 0 Å². The second-order valence-electron chi connectivity index (χ2n) is 4.82. The highest BCUT2D eigenvalue weighted by molar-refractivity contribution is 5.88. The summed E-state index contributed by atoms with van der Waals surface area (Å²) in [5.41, 5.74) is 2.15. The lowest BCUT2D eigenvalue weighted by Gasteiger charge is -2.06. The van der Waals surface area contributed by atoms with Crippen LogP contribution < -0.4 is 4.74 Å². The molecule has 1 aromatic carbocycles. The van der Waals surface area contributed by atoms with Gasteiger partial charge in [-0.05, 0) is 30.2 Å². The Hall–Kier alpha value is -2.36. The molecule has 0 aliphatic heterocycles. The third-order valence-corrected chi connectivity index (χ3v) is 3.20. The van der Waals surface area contributed by atoms with E-state index in [1.165, 1.54) is 6.42 Å². The fourth-order valence-electron chi connectivity index (χ4n) is 1.97. The van der Waals surface area contributed by atoms with Crippen molar-refractivity contribution in [1.29, 1.82) is 0 Å². The molecule has 1 heterocycles. The van der Waals surface area contributed by atoms with E-state index in [2.05, 4.69) is 11.9 Å². The molecule has 1 aromatic heterocycles. The molecule has 0 aliphatic carbocycles. The molecule has 0 aliphatic rings. The molecule has 110 valence electrons. The Bertz CT molecular complexity index is 576. The molecule has 0 bridgehead atoms. The maximum atomic E-state index is 10.8. The summed E-state index contributed by atoms with van der Waals surface area (Å²) in [6.07, 6.45) is 5.11. The standard InChI is InChI=1S/C17H19NO3/c1-2-3-4-11-21-16-10-9-15(12-18-16)13-5-7-14(8-6-13)17(19)20/h5-10,12H,2-4,11H2,1H3,(H,19,20). The van der Waals surface area contributed by atoms with Crippen LogP contribution in [0.15, 0.2) is 42.6 Å². The van der Waals surface area contributed by atoms with Crippen LogP contribution in [0.5, 0.6) is 5.88 Å². The molecular formula is C17H19NO3. The Morgan fingerprint density at radius 2 is 1.81 bits per heavy atom. The number of aromatic nitrogens is 1. The summed E-state index contributed by atoms with van der Waals surface area (Å²) in [7, 11) is 0. The second-order valence-corrected chi connectivity index (χ2v) is 4.82. The van der Waals surface area contributed by atoms with Crippen molar-refractivity contribution in [1.82, 2.24) is 4.98 Å². The number of aromatic carboxylic acids is 1. The maximum absolute atomic E-state index is 10.8. The van der Waals surface area contributed by atoms with E-state index in [1.54, 1.807) is 30.5 Å². The molecule has 0 saturated carbocycles. The van der Waals surface area contributed by atoms with Crippen molar-refractivity contribution in [2.75, 3.05) is 6.61 Å². The summed E-state index contributed by atoms with van der Waals surface area (Å²) in [6.45, 7) is 2.84. The third kappa shape index (κ3) is 4.31. The number of benzene rings is 1. The Morgan fingerprint density at radius 3 is 2.38 bits per heavy atom. The third-order valence-electron chi connectivity index (χ3n) is 3.20. The normalized spacial score (nSPS) is 10.3. The molecule has 21 heavy (non-hydrogen) atoms. The van der Waals surface area contributed by atoms with E-state index in [1.807, 2.05) is 12.1 Å². The van der Waals surface area contributed by atoms with Gasteiger partial charge in [0.1, 0.15) is 0 Å². The molecule has 0 amide bonds. The number of rotatable bonds is 7. The van der Waals surface area contributed by atoms with E-state index in [4.69, 9.17) is 9.84 Å². The lowest BCUT2D eigenvalue weighted by atomic mass is 10.1. The van der Waals surface area contributed by atoms with E-state index in [0.29, 0.717) is 12.5 Å². The average molecular weight is 285 g/mol. The average Bonchev–Trinajstić information content (AvgIpc) is 2.52. The molecule has 2 aromatic rings. The fourth-order valence-corrected chi connectivity index (χ4v) is 1.97. The molecule has 0 atom stereocenters. The van der Waals surface area contributed by atoms with Crippen molar-refractivity contribution >= 4 is 5.97 Å². The van der Waals surface area contributed by atoms with Gasteiger partial charge in [0.05, 0.1) is 12.2 Å². The van der Waals surface area contributed by atoms with Gasteiger partial charge in [0, 0.05) is 17.8 Å². The molecule has 0 saturated heterocycles. The number of pyridine rings is 1. The Kier molecular flexibility index (Phi) is 5.32. The molecule has 0 radical (unpaired) electrons. The number of carbonyl (C=O) groups is 1. The summed E-state index contributed by atoms with van der Waals surface area (Å²) in [6, 6.07) is 10.5. The summed E-state index contributed by atoms with van der Waals surface area (Å²) < 4.78 is 5.56. The predicted molar refractivity (Wildman–Crippen MR) is 81.7 cm³/mol. The van der Waals surface area contributed by atoms with Gasteiger partial charge in [-0.25, -0.2) is 9.78 Å². The molecule has 0 spiro atoms. The minimum Gasteiger partial charge on any atom is -0.478 e. The second kappa shape index (κ2) is 7.43. The highest BCUT2D eigenvalue weighted by Gasteiger charge is 2.04. The predicted octanol–water partition coefficient (Wildman–Crippen LogP) is 4.02. The van der Waals surface area contributed by atoms with Crippen LogP contribution in [0, 0.1) is 0 Å². The van der Waals surface area contributed by atoms with Gasteiger partial charge in [-0.3, -0.25) is 0 Å². The highest BCUT2D eigenvalue weighted by atomic mass is 16.5. The molecule has 4 nitrogen and oxygen atoms in total. The first-order chi connectivity index (χ1) is 10.2. The maximum Gasteiger partial charge on any atom is 0.335 e. The van der Waals surface area contributed by atoms with E-state index in [9.17, 15) is 4.79 Å². The van der Waals surface area contributed by atoms with Crippen molar-refractivity contribution in [3.05, 3.63) is 48.2 Å². The molecule has 4 heteroatoms. The number of carboxylic acids is 1. The van der Waals surface area contributed by atoms with Crippen LogP contribution in [0.1, 0.15) is 36.5 Å². The zero-order chi connectivity index (χ0) is 15.1. The zero-order valence-electron chi connectivity index (χ0n) is 12.1. The van der Waals surface area contributed by atoms with Gasteiger partial charge in [-0.1, -0.05) is 31.9 Å². The number of hydrogen-bond donors (Lipinski definition) is 1. The van der Waals surface area contributed by atoms with Crippen LogP contribution in [-0.4, -0.2) is 22.7 Å². The number of nitrogens with zero attached hydrogens (tertiary/aromatic N) is 1. The Morgan fingerprint density at radius 1 is 1.10 bits per heavy atom. The molecule has 0 unspecified atom stereocenters. The topological polar surface area (TPSA) is 59.4 Å². The summed E-state index contributed by atoms with van der Waals surface area (Å²) in [5.74, 6) is -0.299. The van der Waals surface area contributed by atoms with Gasteiger partial charge >= 0.3 is 5.97 Å². The van der Waals surface area contributed by atoms with Crippen LogP contribution in [0.25, 0.3) is 11.1 Å². The summed E-state index contributed by atoms with van der Waals surface area (Å²) >= 11 is 0. The lowest BCUT2D eigenvalue weighted by Crippen LogP contribution is -1.98. The summed E-state index contributed by atoms with van der Waals surface area (Å²) in [4.78, 5) is 15.1. The molecule has 0 fully saturated rings. The Labute approximate surface area is 124 Å². The van der Waals surface area contributed by atoms with Crippen molar-refractivity contribution < 1.29 is 14.6 Å². The number of ether oxygens (including phenoxy) is 1. The zero-order valence-corrected chi connectivity index (χ0v) is 12.1. The van der Waals surface area contributed by atoms with Gasteiger partial charge < -0.3 is 9.84 Å². The Balaban J connectivity index is 1.99. The van der Waals surface area contributed by atoms with Crippen molar-refractivity contribution in [3.63, 3.8) is 0 Å². The van der Waals surface area contributed by atoms with Crippen LogP contribution >= 0.6 is 0 Å². The molecule has 2 rings (SSSR count). The lowest BCUT2D eigenvalue weighted by molar-refractivity contribution is 0.0697. The number of carboxylic acid groups (broad SMARTS) is 1.